The van der Waals surface area contributed by atoms with Gasteiger partial charge >= 0.3 is 0 Å². The molecule has 1 aromatic carbocycles. The number of thiophene rings is 1. The molecule has 0 saturated heterocycles. The third-order valence-corrected chi connectivity index (χ3v) is 5.87. The maximum atomic E-state index is 12.3. The Morgan fingerprint density at radius 1 is 1.25 bits per heavy atom. The average Bonchev–Trinajstić information content (AvgIpc) is 3.25. The number of carbonyl (C=O) groups excluding carboxylic acids is 1. The summed E-state index contributed by atoms with van der Waals surface area (Å²) in [7, 11) is 0. The number of benzene rings is 1. The van der Waals surface area contributed by atoms with Crippen LogP contribution in [0.3, 0.4) is 0 Å². The quantitative estimate of drug-likeness (QED) is 0.631. The van der Waals surface area contributed by atoms with Crippen LogP contribution in [0.1, 0.15) is 30.0 Å². The maximum absolute atomic E-state index is 12.3. The van der Waals surface area contributed by atoms with Crippen molar-refractivity contribution in [3.63, 3.8) is 0 Å². The van der Waals surface area contributed by atoms with Crippen LogP contribution in [0.15, 0.2) is 47.2 Å². The smallest absolute Gasteiger partial charge is 0.226 e. The van der Waals surface area contributed by atoms with E-state index < -0.39 is 0 Å². The van der Waals surface area contributed by atoms with Crippen molar-refractivity contribution in [2.45, 2.75) is 25.8 Å². The molecule has 2 heterocycles. The largest absolute Gasteiger partial charge is 0.348 e. The van der Waals surface area contributed by atoms with E-state index in [0.717, 1.165) is 22.7 Å². The van der Waals surface area contributed by atoms with Gasteiger partial charge in [-0.25, -0.2) is 4.98 Å². The van der Waals surface area contributed by atoms with Gasteiger partial charge in [-0.3, -0.25) is 4.79 Å². The van der Waals surface area contributed by atoms with Gasteiger partial charge in [0.25, 0.3) is 0 Å². The number of halogens is 1. The minimum absolute atomic E-state index is 0.00809. The molecule has 124 valence electrons. The molecule has 2 aromatic heterocycles. The minimum atomic E-state index is -0.00809. The summed E-state index contributed by atoms with van der Waals surface area (Å²) in [6.45, 7) is 2.07. The van der Waals surface area contributed by atoms with Gasteiger partial charge in [0.1, 0.15) is 5.01 Å². The Hall–Kier alpha value is -1.69. The number of hydrogen-bond donors (Lipinski definition) is 1. The maximum Gasteiger partial charge on any atom is 0.226 e. The normalized spacial score (nSPS) is 12.1. The summed E-state index contributed by atoms with van der Waals surface area (Å²) in [5.74, 6) is -0.00809. The summed E-state index contributed by atoms with van der Waals surface area (Å²) in [5.41, 5.74) is 1.68. The SMILES string of the molecule is CCC(NC(=O)Cc1csc(-c2ccccc2Cl)n1)c1cccs1. The van der Waals surface area contributed by atoms with E-state index in [1.165, 1.54) is 16.2 Å². The van der Waals surface area contributed by atoms with E-state index in [0.29, 0.717) is 5.02 Å². The molecule has 0 spiro atoms. The number of amides is 1. The van der Waals surface area contributed by atoms with Crippen molar-refractivity contribution in [2.75, 3.05) is 0 Å². The molecule has 0 saturated carbocycles. The zero-order valence-corrected chi connectivity index (χ0v) is 15.5. The number of nitrogens with one attached hydrogen (secondary N) is 1. The van der Waals surface area contributed by atoms with Crippen molar-refractivity contribution >= 4 is 40.2 Å². The molecular formula is C18H17ClN2OS2. The highest BCUT2D eigenvalue weighted by molar-refractivity contribution is 7.13. The first-order valence-corrected chi connectivity index (χ1v) is 9.83. The first-order valence-electron chi connectivity index (χ1n) is 7.69. The highest BCUT2D eigenvalue weighted by Gasteiger charge is 2.15. The standard InChI is InChI=1S/C18H17ClN2OS2/c1-2-15(16-8-5-9-23-16)21-17(22)10-12-11-24-18(20-12)13-6-3-4-7-14(13)19/h3-9,11,15H,2,10H2,1H3,(H,21,22). The molecule has 0 aliphatic heterocycles. The lowest BCUT2D eigenvalue weighted by atomic mass is 10.2. The highest BCUT2D eigenvalue weighted by Crippen LogP contribution is 2.30. The van der Waals surface area contributed by atoms with Crippen LogP contribution in [-0.4, -0.2) is 10.9 Å². The molecule has 24 heavy (non-hydrogen) atoms. The second-order valence-corrected chi connectivity index (χ2v) is 7.59. The Morgan fingerprint density at radius 2 is 2.08 bits per heavy atom. The zero-order valence-electron chi connectivity index (χ0n) is 13.2. The summed E-state index contributed by atoms with van der Waals surface area (Å²) >= 11 is 9.38. The van der Waals surface area contributed by atoms with E-state index >= 15 is 0 Å². The molecule has 0 bridgehead atoms. The van der Waals surface area contributed by atoms with Crippen LogP contribution in [0.5, 0.6) is 0 Å². The topological polar surface area (TPSA) is 42.0 Å². The molecule has 1 N–H and O–H groups in total. The molecule has 0 aliphatic carbocycles. The van der Waals surface area contributed by atoms with Crippen LogP contribution in [0.25, 0.3) is 10.6 Å². The van der Waals surface area contributed by atoms with E-state index in [-0.39, 0.29) is 18.4 Å². The Labute approximate surface area is 154 Å². The molecule has 3 aromatic rings. The summed E-state index contributed by atoms with van der Waals surface area (Å²) < 4.78 is 0. The zero-order chi connectivity index (χ0) is 16.9. The molecule has 1 atom stereocenters. The summed E-state index contributed by atoms with van der Waals surface area (Å²) in [5, 5.41) is 8.55. The van der Waals surface area contributed by atoms with Gasteiger partial charge in [-0.1, -0.05) is 42.8 Å². The van der Waals surface area contributed by atoms with E-state index in [9.17, 15) is 4.79 Å². The van der Waals surface area contributed by atoms with Gasteiger partial charge in [0, 0.05) is 15.8 Å². The molecule has 3 nitrogen and oxygen atoms in total. The number of carbonyl (C=O) groups is 1. The predicted octanol–water partition coefficient (Wildman–Crippen LogP) is 5.34. The van der Waals surface area contributed by atoms with Crippen LogP contribution in [0.4, 0.5) is 0 Å². The lowest BCUT2D eigenvalue weighted by Crippen LogP contribution is -2.29. The van der Waals surface area contributed by atoms with Gasteiger partial charge in [-0.2, -0.15) is 0 Å². The molecule has 0 radical (unpaired) electrons. The first kappa shape index (κ1) is 17.1. The van der Waals surface area contributed by atoms with Gasteiger partial charge in [-0.15, -0.1) is 22.7 Å². The molecular weight excluding hydrogens is 360 g/mol. The molecule has 0 aliphatic rings. The van der Waals surface area contributed by atoms with Gasteiger partial charge < -0.3 is 5.32 Å². The second-order valence-electron chi connectivity index (χ2n) is 5.34. The summed E-state index contributed by atoms with van der Waals surface area (Å²) in [6, 6.07) is 11.7. The minimum Gasteiger partial charge on any atom is -0.348 e. The molecule has 1 amide bonds. The average molecular weight is 377 g/mol. The fraction of sp³-hybridized carbons (Fsp3) is 0.222. The van der Waals surface area contributed by atoms with E-state index in [2.05, 4.69) is 23.3 Å². The van der Waals surface area contributed by atoms with Crippen molar-refractivity contribution in [3.05, 3.63) is 62.8 Å². The van der Waals surface area contributed by atoms with Crippen molar-refractivity contribution in [2.24, 2.45) is 0 Å². The van der Waals surface area contributed by atoms with Crippen molar-refractivity contribution in [3.8, 4) is 10.6 Å². The second kappa shape index (κ2) is 7.92. The first-order chi connectivity index (χ1) is 11.7. The highest BCUT2D eigenvalue weighted by atomic mass is 35.5. The number of rotatable bonds is 6. The number of nitrogens with zero attached hydrogens (tertiary/aromatic N) is 1. The van der Waals surface area contributed by atoms with Crippen molar-refractivity contribution in [1.29, 1.82) is 0 Å². The summed E-state index contributed by atoms with van der Waals surface area (Å²) in [6.07, 6.45) is 1.15. The van der Waals surface area contributed by atoms with Gasteiger partial charge in [-0.05, 0) is 23.9 Å². The molecule has 6 heteroatoms. The number of hydrogen-bond acceptors (Lipinski definition) is 4. The van der Waals surface area contributed by atoms with E-state index in [1.54, 1.807) is 11.3 Å². The van der Waals surface area contributed by atoms with Crippen molar-refractivity contribution in [1.82, 2.24) is 10.3 Å². The Balaban J connectivity index is 1.66. The number of aromatic nitrogens is 1. The lowest BCUT2D eigenvalue weighted by molar-refractivity contribution is -0.121. The van der Waals surface area contributed by atoms with E-state index in [1.807, 2.05) is 41.1 Å². The Bertz CT molecular complexity index is 814. The van der Waals surface area contributed by atoms with Gasteiger partial charge in [0.15, 0.2) is 0 Å². The van der Waals surface area contributed by atoms with Crippen LogP contribution in [0.2, 0.25) is 5.02 Å². The Kier molecular flexibility index (Phi) is 5.66. The van der Waals surface area contributed by atoms with Crippen LogP contribution < -0.4 is 5.32 Å². The van der Waals surface area contributed by atoms with Gasteiger partial charge in [0.2, 0.25) is 5.91 Å². The van der Waals surface area contributed by atoms with E-state index in [4.69, 9.17) is 11.6 Å². The third-order valence-electron chi connectivity index (χ3n) is 3.63. The van der Waals surface area contributed by atoms with Gasteiger partial charge in [0.05, 0.1) is 23.2 Å². The molecule has 0 fully saturated rings. The monoisotopic (exact) mass is 376 g/mol. The fourth-order valence-electron chi connectivity index (χ4n) is 2.42. The Morgan fingerprint density at radius 3 is 2.79 bits per heavy atom. The van der Waals surface area contributed by atoms with Crippen molar-refractivity contribution < 1.29 is 4.79 Å². The predicted molar refractivity (Wildman–Crippen MR) is 102 cm³/mol. The van der Waals surface area contributed by atoms with Crippen LogP contribution in [0, 0.1) is 0 Å². The molecule has 1 unspecified atom stereocenters. The van der Waals surface area contributed by atoms with Crippen LogP contribution in [-0.2, 0) is 11.2 Å². The van der Waals surface area contributed by atoms with Crippen LogP contribution >= 0.6 is 34.3 Å². The third kappa shape index (κ3) is 4.04. The lowest BCUT2D eigenvalue weighted by Gasteiger charge is -2.14. The fourth-order valence-corrected chi connectivity index (χ4v) is 4.42. The summed E-state index contributed by atoms with van der Waals surface area (Å²) in [4.78, 5) is 18.1. The molecule has 3 rings (SSSR count). The number of thiazole rings is 1.